The quantitative estimate of drug-likeness (QED) is 0.359. The summed E-state index contributed by atoms with van der Waals surface area (Å²) in [5.41, 5.74) is 6.95. The van der Waals surface area contributed by atoms with E-state index in [1.54, 1.807) is 0 Å². The summed E-state index contributed by atoms with van der Waals surface area (Å²) in [4.78, 5) is 12.6. The molecule has 5 heteroatoms. The summed E-state index contributed by atoms with van der Waals surface area (Å²) >= 11 is 0. The van der Waals surface area contributed by atoms with Crippen LogP contribution >= 0.6 is 0 Å². The van der Waals surface area contributed by atoms with Crippen molar-refractivity contribution in [2.75, 3.05) is 5.32 Å². The van der Waals surface area contributed by atoms with Crippen LogP contribution in [-0.2, 0) is 11.2 Å². The highest BCUT2D eigenvalue weighted by molar-refractivity contribution is 5.90. The van der Waals surface area contributed by atoms with Gasteiger partial charge in [-0.05, 0) is 70.0 Å². The molecule has 1 N–H and O–H groups in total. The van der Waals surface area contributed by atoms with Gasteiger partial charge in [0.15, 0.2) is 0 Å². The number of para-hydroxylation sites is 1. The van der Waals surface area contributed by atoms with Crippen LogP contribution in [0.15, 0.2) is 72.8 Å². The third-order valence-electron chi connectivity index (χ3n) is 5.65. The predicted octanol–water partition coefficient (Wildman–Crippen LogP) is 6.47. The van der Waals surface area contributed by atoms with Crippen molar-refractivity contribution in [2.24, 2.45) is 0 Å². The maximum Gasteiger partial charge on any atom is 0.226 e. The average Bonchev–Trinajstić information content (AvgIpc) is 3.10. The number of aryl methyl sites for hydroxylation is 4. The Morgan fingerprint density at radius 2 is 1.52 bits per heavy atom. The summed E-state index contributed by atoms with van der Waals surface area (Å²) in [6.45, 7) is 8.08. The van der Waals surface area contributed by atoms with Crippen molar-refractivity contribution >= 4 is 11.6 Å². The molecule has 0 aliphatic heterocycles. The molecule has 33 heavy (non-hydrogen) atoms. The highest BCUT2D eigenvalue weighted by atomic mass is 16.5. The molecular weight excluding hydrogens is 410 g/mol. The second-order valence-corrected chi connectivity index (χ2v) is 8.40. The molecule has 0 radical (unpaired) electrons. The number of benzene rings is 3. The molecule has 1 aromatic heterocycles. The fourth-order valence-electron chi connectivity index (χ4n) is 3.71. The van der Waals surface area contributed by atoms with Gasteiger partial charge in [0.1, 0.15) is 5.75 Å². The SMILES string of the molecule is Cc1ccc(NC(=O)CCc2c(C)nn(-c3ccccc3C)c2Oc2ccc(C)cc2)cc1. The Labute approximate surface area is 195 Å². The van der Waals surface area contributed by atoms with E-state index in [0.717, 1.165) is 39.5 Å². The number of rotatable bonds is 7. The van der Waals surface area contributed by atoms with Gasteiger partial charge in [0.05, 0.1) is 11.4 Å². The van der Waals surface area contributed by atoms with E-state index in [1.807, 2.05) is 92.2 Å². The Kier molecular flexibility index (Phi) is 6.59. The van der Waals surface area contributed by atoms with E-state index in [-0.39, 0.29) is 5.91 Å². The van der Waals surface area contributed by atoms with Crippen LogP contribution < -0.4 is 10.1 Å². The van der Waals surface area contributed by atoms with E-state index in [2.05, 4.69) is 18.3 Å². The minimum atomic E-state index is -0.0387. The molecule has 0 spiro atoms. The highest BCUT2D eigenvalue weighted by Gasteiger charge is 2.20. The van der Waals surface area contributed by atoms with Crippen LogP contribution in [0, 0.1) is 27.7 Å². The Balaban J connectivity index is 1.62. The van der Waals surface area contributed by atoms with Crippen LogP contribution in [0.4, 0.5) is 5.69 Å². The summed E-state index contributed by atoms with van der Waals surface area (Å²) in [7, 11) is 0. The number of amides is 1. The van der Waals surface area contributed by atoms with Gasteiger partial charge < -0.3 is 10.1 Å². The lowest BCUT2D eigenvalue weighted by atomic mass is 10.1. The second-order valence-electron chi connectivity index (χ2n) is 8.40. The van der Waals surface area contributed by atoms with E-state index >= 15 is 0 Å². The van der Waals surface area contributed by atoms with Gasteiger partial charge in [0, 0.05) is 17.7 Å². The molecule has 1 heterocycles. The van der Waals surface area contributed by atoms with Gasteiger partial charge >= 0.3 is 0 Å². The second kappa shape index (κ2) is 9.74. The third-order valence-corrected chi connectivity index (χ3v) is 5.65. The molecule has 4 aromatic rings. The predicted molar refractivity (Wildman–Crippen MR) is 132 cm³/mol. The zero-order valence-corrected chi connectivity index (χ0v) is 19.6. The Hall–Kier alpha value is -3.86. The molecular formula is C28H29N3O2. The molecule has 168 valence electrons. The maximum atomic E-state index is 12.6. The number of aromatic nitrogens is 2. The highest BCUT2D eigenvalue weighted by Crippen LogP contribution is 2.32. The fraction of sp³-hybridized carbons (Fsp3) is 0.214. The van der Waals surface area contributed by atoms with Gasteiger partial charge in [-0.3, -0.25) is 4.79 Å². The van der Waals surface area contributed by atoms with Gasteiger partial charge in [0.2, 0.25) is 11.8 Å². The molecule has 0 saturated carbocycles. The van der Waals surface area contributed by atoms with Crippen LogP contribution in [0.1, 0.15) is 34.4 Å². The van der Waals surface area contributed by atoms with Crippen molar-refractivity contribution in [1.82, 2.24) is 9.78 Å². The number of hydrogen-bond donors (Lipinski definition) is 1. The number of ether oxygens (including phenoxy) is 1. The normalized spacial score (nSPS) is 10.8. The first-order valence-corrected chi connectivity index (χ1v) is 11.2. The summed E-state index contributed by atoms with van der Waals surface area (Å²) in [6.07, 6.45) is 0.856. The van der Waals surface area contributed by atoms with E-state index in [1.165, 1.54) is 5.56 Å². The summed E-state index contributed by atoms with van der Waals surface area (Å²) in [5, 5.41) is 7.76. The maximum absolute atomic E-state index is 12.6. The molecule has 5 nitrogen and oxygen atoms in total. The topological polar surface area (TPSA) is 56.2 Å². The molecule has 0 atom stereocenters. The molecule has 0 saturated heterocycles. The molecule has 0 unspecified atom stereocenters. The van der Waals surface area contributed by atoms with E-state index in [0.29, 0.717) is 18.7 Å². The van der Waals surface area contributed by atoms with Crippen LogP contribution in [-0.4, -0.2) is 15.7 Å². The molecule has 0 aliphatic rings. The lowest BCUT2D eigenvalue weighted by Crippen LogP contribution is -2.12. The van der Waals surface area contributed by atoms with E-state index in [9.17, 15) is 4.79 Å². The van der Waals surface area contributed by atoms with Crippen LogP contribution in [0.25, 0.3) is 5.69 Å². The van der Waals surface area contributed by atoms with Gasteiger partial charge in [-0.1, -0.05) is 53.6 Å². The largest absolute Gasteiger partial charge is 0.439 e. The van der Waals surface area contributed by atoms with Crippen molar-refractivity contribution in [3.8, 4) is 17.3 Å². The molecule has 3 aromatic carbocycles. The van der Waals surface area contributed by atoms with Gasteiger partial charge in [0.25, 0.3) is 0 Å². The third kappa shape index (κ3) is 5.32. The van der Waals surface area contributed by atoms with Gasteiger partial charge in [-0.25, -0.2) is 0 Å². The van der Waals surface area contributed by atoms with Crippen molar-refractivity contribution in [3.63, 3.8) is 0 Å². The molecule has 0 fully saturated rings. The molecule has 4 rings (SSSR count). The first-order valence-electron chi connectivity index (χ1n) is 11.2. The van der Waals surface area contributed by atoms with Crippen molar-refractivity contribution in [3.05, 3.63) is 101 Å². The smallest absolute Gasteiger partial charge is 0.226 e. The zero-order chi connectivity index (χ0) is 23.4. The van der Waals surface area contributed by atoms with E-state index < -0.39 is 0 Å². The Morgan fingerprint density at radius 3 is 2.18 bits per heavy atom. The first kappa shape index (κ1) is 22.3. The minimum absolute atomic E-state index is 0.0387. The number of nitrogens with zero attached hydrogens (tertiary/aromatic N) is 2. The van der Waals surface area contributed by atoms with Gasteiger partial charge in [-0.2, -0.15) is 9.78 Å². The Bertz CT molecular complexity index is 1260. The first-order chi connectivity index (χ1) is 15.9. The average molecular weight is 440 g/mol. The van der Waals surface area contributed by atoms with Gasteiger partial charge in [-0.15, -0.1) is 0 Å². The van der Waals surface area contributed by atoms with Crippen molar-refractivity contribution < 1.29 is 9.53 Å². The fourth-order valence-corrected chi connectivity index (χ4v) is 3.71. The summed E-state index contributed by atoms with van der Waals surface area (Å²) in [5.74, 6) is 1.35. The molecule has 1 amide bonds. The van der Waals surface area contributed by atoms with Crippen LogP contribution in [0.2, 0.25) is 0 Å². The number of nitrogens with one attached hydrogen (secondary N) is 1. The summed E-state index contributed by atoms with van der Waals surface area (Å²) in [6, 6.07) is 23.8. The standard InChI is InChI=1S/C28H29N3O2/c1-19-9-13-23(14-10-19)29-27(32)18-17-25-22(4)30-31(26-8-6-5-7-21(26)3)28(25)33-24-15-11-20(2)12-16-24/h5-16H,17-18H2,1-4H3,(H,29,32). The number of carbonyl (C=O) groups excluding carboxylic acids is 1. The molecule has 0 bridgehead atoms. The lowest BCUT2D eigenvalue weighted by molar-refractivity contribution is -0.116. The number of carbonyl (C=O) groups is 1. The summed E-state index contributed by atoms with van der Waals surface area (Å²) < 4.78 is 8.20. The monoisotopic (exact) mass is 439 g/mol. The number of anilines is 1. The van der Waals surface area contributed by atoms with Crippen LogP contribution in [0.5, 0.6) is 11.6 Å². The number of hydrogen-bond acceptors (Lipinski definition) is 3. The van der Waals surface area contributed by atoms with Crippen LogP contribution in [0.3, 0.4) is 0 Å². The van der Waals surface area contributed by atoms with Crippen molar-refractivity contribution in [1.29, 1.82) is 0 Å². The lowest BCUT2D eigenvalue weighted by Gasteiger charge is -2.13. The van der Waals surface area contributed by atoms with Crippen molar-refractivity contribution in [2.45, 2.75) is 40.5 Å². The van der Waals surface area contributed by atoms with E-state index in [4.69, 9.17) is 9.84 Å². The minimum Gasteiger partial charge on any atom is -0.439 e. The molecule has 0 aliphatic carbocycles. The Morgan fingerprint density at radius 1 is 0.879 bits per heavy atom. The zero-order valence-electron chi connectivity index (χ0n) is 19.6.